The molecule has 0 saturated carbocycles. The molecule has 0 unspecified atom stereocenters. The van der Waals surface area contributed by atoms with Crippen molar-refractivity contribution >= 4 is 11.4 Å². The molecule has 2 heterocycles. The van der Waals surface area contributed by atoms with Crippen molar-refractivity contribution in [3.63, 3.8) is 0 Å². The van der Waals surface area contributed by atoms with Gasteiger partial charge in [-0.1, -0.05) is 0 Å². The van der Waals surface area contributed by atoms with Crippen molar-refractivity contribution in [1.29, 1.82) is 0 Å². The Morgan fingerprint density at radius 3 is 2.27 bits per heavy atom. The highest BCUT2D eigenvalue weighted by molar-refractivity contribution is 5.73. The van der Waals surface area contributed by atoms with E-state index in [1.807, 2.05) is 11.9 Å². The van der Waals surface area contributed by atoms with Crippen LogP contribution in [0, 0.1) is 17.5 Å². The van der Waals surface area contributed by atoms with Crippen molar-refractivity contribution < 1.29 is 22.0 Å². The molecule has 3 aromatic rings. The lowest BCUT2D eigenvalue weighted by atomic mass is 10.0. The number of fused-ring (bicyclic) bond motifs is 1. The van der Waals surface area contributed by atoms with Gasteiger partial charge in [-0.3, -0.25) is 0 Å². The van der Waals surface area contributed by atoms with Crippen LogP contribution in [0.1, 0.15) is 17.7 Å². The molecule has 1 aliphatic heterocycles. The van der Waals surface area contributed by atoms with E-state index in [0.717, 1.165) is 12.1 Å². The van der Waals surface area contributed by atoms with E-state index in [0.29, 0.717) is 24.3 Å². The summed E-state index contributed by atoms with van der Waals surface area (Å²) in [5.74, 6) is -2.03. The Bertz CT molecular complexity index is 1050. The van der Waals surface area contributed by atoms with Gasteiger partial charge in [-0.15, -0.1) is 10.2 Å². The summed E-state index contributed by atoms with van der Waals surface area (Å²) in [4.78, 5) is 3.54. The van der Waals surface area contributed by atoms with Crippen LogP contribution in [0.5, 0.6) is 0 Å². The van der Waals surface area contributed by atoms with E-state index in [2.05, 4.69) is 10.2 Å². The molecule has 0 N–H and O–H groups in total. The zero-order valence-corrected chi connectivity index (χ0v) is 15.9. The summed E-state index contributed by atoms with van der Waals surface area (Å²) in [5.41, 5.74) is 0.808. The molecule has 2 aromatic carbocycles. The Kier molecular flexibility index (Phi) is 5.38. The fourth-order valence-corrected chi connectivity index (χ4v) is 3.52. The number of hydrogen-bond donors (Lipinski definition) is 0. The second kappa shape index (κ2) is 7.98. The lowest BCUT2D eigenvalue weighted by Gasteiger charge is -2.25. The Morgan fingerprint density at radius 1 is 0.900 bits per heavy atom. The van der Waals surface area contributed by atoms with E-state index >= 15 is 4.39 Å². The summed E-state index contributed by atoms with van der Waals surface area (Å²) in [5, 5.41) is 7.18. The van der Waals surface area contributed by atoms with Crippen LogP contribution in [0.4, 0.5) is 33.3 Å². The molecule has 9 heteroatoms. The summed E-state index contributed by atoms with van der Waals surface area (Å²) in [6.45, 7) is 1.18. The Morgan fingerprint density at radius 2 is 1.63 bits per heavy atom. The number of benzene rings is 2. The van der Waals surface area contributed by atoms with E-state index in [-0.39, 0.29) is 23.5 Å². The van der Waals surface area contributed by atoms with Crippen LogP contribution in [0.3, 0.4) is 0 Å². The first-order valence-electron chi connectivity index (χ1n) is 9.19. The van der Waals surface area contributed by atoms with Crippen LogP contribution in [-0.2, 0) is 6.54 Å². The van der Waals surface area contributed by atoms with Crippen molar-refractivity contribution in [2.24, 2.45) is 0 Å². The van der Waals surface area contributed by atoms with Crippen molar-refractivity contribution in [1.82, 2.24) is 15.1 Å². The number of hydrogen-bond acceptors (Lipinski definition) is 4. The van der Waals surface area contributed by atoms with Gasteiger partial charge < -0.3 is 9.80 Å². The lowest BCUT2D eigenvalue weighted by molar-refractivity contribution is 0.145. The average Bonchev–Trinajstić information content (AvgIpc) is 2.87. The molecule has 0 radical (unpaired) electrons. The standard InChI is InChI=1S/C21H17F5N4/c1-29-6-7-30(14-9-12(22)8-13(23)10-14)19-5-2-15(20(24)16(19)11-29)17-3-4-18(21(25)26)28-27-17/h2-5,8-10,21H,6-7,11H2,1H3. The summed E-state index contributed by atoms with van der Waals surface area (Å²) >= 11 is 0. The molecule has 0 fully saturated rings. The number of anilines is 2. The quantitative estimate of drug-likeness (QED) is 0.553. The molecule has 1 aromatic heterocycles. The highest BCUT2D eigenvalue weighted by Gasteiger charge is 2.25. The fraction of sp³-hybridized carbons (Fsp3) is 0.238. The minimum Gasteiger partial charge on any atom is -0.340 e. The second-order valence-corrected chi connectivity index (χ2v) is 7.09. The zero-order valence-electron chi connectivity index (χ0n) is 15.9. The van der Waals surface area contributed by atoms with Gasteiger partial charge in [0.15, 0.2) is 0 Å². The number of likely N-dealkylation sites (N-methyl/N-ethyl adjacent to an activating group) is 1. The lowest BCUT2D eigenvalue weighted by Crippen LogP contribution is -2.26. The van der Waals surface area contributed by atoms with Crippen molar-refractivity contribution in [3.05, 3.63) is 71.2 Å². The first-order valence-corrected chi connectivity index (χ1v) is 9.19. The molecule has 156 valence electrons. The predicted octanol–water partition coefficient (Wildman–Crippen LogP) is 5.08. The maximum Gasteiger partial charge on any atom is 0.282 e. The average molecular weight is 420 g/mol. The monoisotopic (exact) mass is 420 g/mol. The third-order valence-electron chi connectivity index (χ3n) is 4.99. The molecule has 0 bridgehead atoms. The molecular formula is C21H17F5N4. The number of halogens is 5. The Labute approximate surface area is 169 Å². The normalized spacial score (nSPS) is 14.7. The molecule has 30 heavy (non-hydrogen) atoms. The van der Waals surface area contributed by atoms with Crippen LogP contribution in [0.15, 0.2) is 42.5 Å². The number of aromatic nitrogens is 2. The molecule has 4 nitrogen and oxygen atoms in total. The van der Waals surface area contributed by atoms with Gasteiger partial charge in [0.25, 0.3) is 6.43 Å². The van der Waals surface area contributed by atoms with E-state index < -0.39 is 29.6 Å². The van der Waals surface area contributed by atoms with Crippen molar-refractivity contribution in [2.75, 3.05) is 25.0 Å². The van der Waals surface area contributed by atoms with Crippen molar-refractivity contribution in [2.45, 2.75) is 13.0 Å². The van der Waals surface area contributed by atoms with E-state index in [9.17, 15) is 17.6 Å². The molecule has 0 aliphatic carbocycles. The molecule has 0 atom stereocenters. The van der Waals surface area contributed by atoms with Gasteiger partial charge in [-0.25, -0.2) is 22.0 Å². The summed E-state index contributed by atoms with van der Waals surface area (Å²) < 4.78 is 68.5. The molecule has 0 amide bonds. The van der Waals surface area contributed by atoms with Gasteiger partial charge in [0, 0.05) is 48.2 Å². The van der Waals surface area contributed by atoms with Gasteiger partial charge in [-0.2, -0.15) is 0 Å². The third kappa shape index (κ3) is 3.85. The van der Waals surface area contributed by atoms with Gasteiger partial charge in [0.05, 0.1) is 5.69 Å². The third-order valence-corrected chi connectivity index (χ3v) is 4.99. The molecular weight excluding hydrogens is 403 g/mol. The minimum atomic E-state index is -2.77. The maximum absolute atomic E-state index is 15.5. The first kappa shape index (κ1) is 20.2. The number of rotatable bonds is 3. The summed E-state index contributed by atoms with van der Waals surface area (Å²) in [7, 11) is 1.81. The van der Waals surface area contributed by atoms with E-state index in [1.54, 1.807) is 11.0 Å². The molecule has 4 rings (SSSR count). The Hall–Kier alpha value is -3.07. The van der Waals surface area contributed by atoms with E-state index in [1.165, 1.54) is 24.3 Å². The van der Waals surface area contributed by atoms with Crippen molar-refractivity contribution in [3.8, 4) is 11.3 Å². The van der Waals surface area contributed by atoms with E-state index in [4.69, 9.17) is 0 Å². The van der Waals surface area contributed by atoms with Gasteiger partial charge >= 0.3 is 0 Å². The van der Waals surface area contributed by atoms with Crippen LogP contribution in [0.25, 0.3) is 11.3 Å². The van der Waals surface area contributed by atoms with Crippen LogP contribution in [-0.4, -0.2) is 35.2 Å². The Balaban J connectivity index is 1.81. The van der Waals surface area contributed by atoms with Gasteiger partial charge in [0.1, 0.15) is 23.1 Å². The topological polar surface area (TPSA) is 32.3 Å². The summed E-state index contributed by atoms with van der Waals surface area (Å²) in [6.07, 6.45) is -2.77. The maximum atomic E-state index is 15.5. The molecule has 0 saturated heterocycles. The zero-order chi connectivity index (χ0) is 21.4. The summed E-state index contributed by atoms with van der Waals surface area (Å²) in [6, 6.07) is 8.66. The minimum absolute atomic E-state index is 0.114. The van der Waals surface area contributed by atoms with Gasteiger partial charge in [0.2, 0.25) is 0 Å². The van der Waals surface area contributed by atoms with Gasteiger partial charge in [-0.05, 0) is 43.4 Å². The van der Waals surface area contributed by atoms with Crippen LogP contribution < -0.4 is 4.90 Å². The number of alkyl halides is 2. The predicted molar refractivity (Wildman–Crippen MR) is 102 cm³/mol. The second-order valence-electron chi connectivity index (χ2n) is 7.09. The molecule has 1 aliphatic rings. The highest BCUT2D eigenvalue weighted by atomic mass is 19.3. The SMILES string of the molecule is CN1CCN(c2cc(F)cc(F)c2)c2ccc(-c3ccc(C(F)F)nn3)c(F)c2C1. The van der Waals surface area contributed by atoms with Crippen LogP contribution in [0.2, 0.25) is 0 Å². The first-order chi connectivity index (χ1) is 14.3. The fourth-order valence-electron chi connectivity index (χ4n) is 3.52. The molecule has 0 spiro atoms. The smallest absolute Gasteiger partial charge is 0.282 e. The largest absolute Gasteiger partial charge is 0.340 e. The van der Waals surface area contributed by atoms with Crippen LogP contribution >= 0.6 is 0 Å². The highest BCUT2D eigenvalue weighted by Crippen LogP contribution is 2.37. The number of nitrogens with zero attached hydrogens (tertiary/aromatic N) is 4.